The van der Waals surface area contributed by atoms with E-state index in [-0.39, 0.29) is 17.4 Å². The third-order valence-electron chi connectivity index (χ3n) is 5.67. The molecule has 0 aromatic carbocycles. The average molecular weight is 478 g/mol. The van der Waals surface area contributed by atoms with Crippen LogP contribution in [0.3, 0.4) is 0 Å². The Morgan fingerprint density at radius 1 is 1.32 bits per heavy atom. The fraction of sp³-hybridized carbons (Fsp3) is 0.706. The lowest BCUT2D eigenvalue weighted by atomic mass is 10.0. The van der Waals surface area contributed by atoms with Crippen molar-refractivity contribution in [3.05, 3.63) is 11.6 Å². The van der Waals surface area contributed by atoms with Crippen LogP contribution in [0.5, 0.6) is 0 Å². The zero-order chi connectivity index (χ0) is 22.4. The molecule has 31 heavy (non-hydrogen) atoms. The van der Waals surface area contributed by atoms with E-state index in [1.54, 1.807) is 0 Å². The molecule has 0 unspecified atom stereocenters. The van der Waals surface area contributed by atoms with E-state index in [0.29, 0.717) is 17.0 Å². The van der Waals surface area contributed by atoms with Gasteiger partial charge < -0.3 is 34.8 Å². The van der Waals surface area contributed by atoms with Gasteiger partial charge in [0.05, 0.1) is 12.9 Å². The monoisotopic (exact) mass is 477 g/mol. The van der Waals surface area contributed by atoms with Crippen LogP contribution in [0.25, 0.3) is 11.2 Å². The van der Waals surface area contributed by atoms with Crippen molar-refractivity contribution in [2.24, 2.45) is 0 Å². The summed E-state index contributed by atoms with van der Waals surface area (Å²) in [6.45, 7) is 1.80. The highest BCUT2D eigenvalue weighted by atomic mass is 35.5. The first kappa shape index (κ1) is 22.8. The first-order valence-corrected chi connectivity index (χ1v) is 12.1. The van der Waals surface area contributed by atoms with E-state index in [1.165, 1.54) is 10.9 Å². The lowest BCUT2D eigenvalue weighted by Crippen LogP contribution is -2.34. The predicted octanol–water partition coefficient (Wildman–Crippen LogP) is 0.995. The maximum absolute atomic E-state index is 10.9. The molecule has 12 nitrogen and oxygen atoms in total. The Bertz CT molecular complexity index is 995. The molecule has 2 aliphatic rings. The van der Waals surface area contributed by atoms with Crippen molar-refractivity contribution in [1.82, 2.24) is 19.5 Å². The minimum atomic E-state index is -4.36. The second-order valence-electron chi connectivity index (χ2n) is 8.27. The molecule has 0 amide bonds. The molecule has 0 bridgehead atoms. The van der Waals surface area contributed by atoms with Gasteiger partial charge in [0.25, 0.3) is 0 Å². The lowest BCUT2D eigenvalue weighted by Gasteiger charge is -2.26. The highest BCUT2D eigenvalue weighted by molar-refractivity contribution is 7.51. The fourth-order valence-electron chi connectivity index (χ4n) is 4.11. The van der Waals surface area contributed by atoms with Gasteiger partial charge >= 0.3 is 7.60 Å². The van der Waals surface area contributed by atoms with E-state index in [2.05, 4.69) is 27.2 Å². The van der Waals surface area contributed by atoms with Gasteiger partial charge in [0.15, 0.2) is 23.2 Å². The van der Waals surface area contributed by atoms with E-state index in [4.69, 9.17) is 30.9 Å². The van der Waals surface area contributed by atoms with Crippen LogP contribution in [-0.2, 0) is 14.0 Å². The number of nitrogens with zero attached hydrogens (tertiary/aromatic N) is 4. The Labute approximate surface area is 182 Å². The Hall–Kier alpha value is -1.37. The summed E-state index contributed by atoms with van der Waals surface area (Å²) in [5, 5.41) is 24.2. The molecule has 1 aliphatic heterocycles. The van der Waals surface area contributed by atoms with E-state index < -0.39 is 38.5 Å². The van der Waals surface area contributed by atoms with Crippen molar-refractivity contribution >= 4 is 36.2 Å². The van der Waals surface area contributed by atoms with E-state index in [9.17, 15) is 14.8 Å². The highest BCUT2D eigenvalue weighted by Gasteiger charge is 2.44. The number of halogens is 1. The van der Waals surface area contributed by atoms with E-state index >= 15 is 0 Å². The third kappa shape index (κ3) is 4.86. The summed E-state index contributed by atoms with van der Waals surface area (Å²) < 4.78 is 23.0. The van der Waals surface area contributed by atoms with E-state index in [1.807, 2.05) is 0 Å². The van der Waals surface area contributed by atoms with Gasteiger partial charge in [-0.1, -0.05) is 12.8 Å². The number of rotatable bonds is 7. The smallest absolute Gasteiger partial charge is 0.350 e. The topological polar surface area (TPSA) is 172 Å². The Morgan fingerprint density at radius 3 is 2.71 bits per heavy atom. The first-order valence-electron chi connectivity index (χ1n) is 9.88. The molecule has 172 valence electrons. The van der Waals surface area contributed by atoms with E-state index in [0.717, 1.165) is 25.7 Å². The number of fused-ring (bicyclic) bond motifs is 1. The van der Waals surface area contributed by atoms with Crippen LogP contribution in [0.2, 0.25) is 5.28 Å². The number of hydrogen-bond acceptors (Lipinski definition) is 9. The van der Waals surface area contributed by atoms with Gasteiger partial charge in [0, 0.05) is 5.54 Å². The van der Waals surface area contributed by atoms with Gasteiger partial charge in [-0.2, -0.15) is 9.97 Å². The maximum Gasteiger partial charge on any atom is 0.350 e. The molecule has 2 fully saturated rings. The summed E-state index contributed by atoms with van der Waals surface area (Å²) in [6.07, 6.45) is 0.0676. The molecule has 14 heteroatoms. The van der Waals surface area contributed by atoms with Crippen LogP contribution in [0, 0.1) is 0 Å². The van der Waals surface area contributed by atoms with Crippen molar-refractivity contribution in [2.75, 3.05) is 18.3 Å². The molecule has 5 N–H and O–H groups in total. The maximum atomic E-state index is 10.9. The second kappa shape index (κ2) is 8.53. The minimum Gasteiger partial charge on any atom is -0.387 e. The number of anilines is 1. The third-order valence-corrected chi connectivity index (χ3v) is 6.36. The Kier molecular flexibility index (Phi) is 6.27. The number of aliphatic hydroxyl groups is 2. The molecule has 4 rings (SSSR count). The average Bonchev–Trinajstić information content (AvgIpc) is 3.35. The zero-order valence-electron chi connectivity index (χ0n) is 16.8. The normalized spacial score (nSPS) is 28.5. The second-order valence-corrected chi connectivity index (χ2v) is 10.2. The van der Waals surface area contributed by atoms with Gasteiger partial charge in [-0.05, 0) is 31.4 Å². The van der Waals surface area contributed by atoms with Crippen LogP contribution in [0.1, 0.15) is 38.8 Å². The summed E-state index contributed by atoms with van der Waals surface area (Å²) in [5.41, 5.74) is 0.635. The van der Waals surface area contributed by atoms with Gasteiger partial charge in [-0.25, -0.2) is 4.98 Å². The molecule has 0 radical (unpaired) electrons. The largest absolute Gasteiger partial charge is 0.387 e. The van der Waals surface area contributed by atoms with Crippen molar-refractivity contribution in [2.45, 2.75) is 62.7 Å². The fourth-order valence-corrected chi connectivity index (χ4v) is 4.62. The molecule has 1 saturated carbocycles. The van der Waals surface area contributed by atoms with Gasteiger partial charge in [-0.15, -0.1) is 0 Å². The van der Waals surface area contributed by atoms with Crippen LogP contribution < -0.4 is 5.32 Å². The molecule has 1 saturated heterocycles. The van der Waals surface area contributed by atoms with Crippen molar-refractivity contribution in [3.63, 3.8) is 0 Å². The summed E-state index contributed by atoms with van der Waals surface area (Å²) in [6, 6.07) is 0. The molecule has 3 heterocycles. The number of imidazole rings is 1. The van der Waals surface area contributed by atoms with Crippen molar-refractivity contribution in [1.29, 1.82) is 0 Å². The molecular formula is C17H25ClN5O7P. The quantitative estimate of drug-likeness (QED) is 0.284. The molecule has 2 aromatic rings. The SMILES string of the molecule is CC1(Nc2nc(Cl)nc3c2ncn3[C@@H]2O[C@H](COCP(=O)(O)O)[C@@H](O)[C@H]2O)CCCC1. The van der Waals surface area contributed by atoms with Gasteiger partial charge in [0.2, 0.25) is 5.28 Å². The van der Waals surface area contributed by atoms with Crippen LogP contribution in [-0.4, -0.2) is 76.3 Å². The first-order chi connectivity index (χ1) is 14.6. The Morgan fingerprint density at radius 2 is 2.03 bits per heavy atom. The summed E-state index contributed by atoms with van der Waals surface area (Å²) in [5.74, 6) is 0.479. The standard InChI is InChI=1S/C17H25ClN5O7P/c1-17(4-2-3-5-17)22-13-10-14(21-16(18)20-13)23(7-19-10)15-12(25)11(24)9(30-15)6-29-8-31(26,27)28/h7,9,11-12,15,24-25H,2-6,8H2,1H3,(H,20,21,22)(H2,26,27,28)/t9-,11-,12-,15-/m1/s1. The zero-order valence-corrected chi connectivity index (χ0v) is 18.4. The van der Waals surface area contributed by atoms with Crippen LogP contribution >= 0.6 is 19.2 Å². The van der Waals surface area contributed by atoms with Gasteiger partial charge in [0.1, 0.15) is 24.7 Å². The van der Waals surface area contributed by atoms with Gasteiger partial charge in [-0.3, -0.25) is 9.13 Å². The van der Waals surface area contributed by atoms with Crippen molar-refractivity contribution in [3.8, 4) is 0 Å². The number of nitrogens with one attached hydrogen (secondary N) is 1. The lowest BCUT2D eigenvalue weighted by molar-refractivity contribution is -0.0612. The molecule has 0 spiro atoms. The summed E-state index contributed by atoms with van der Waals surface area (Å²) >= 11 is 6.15. The number of ether oxygens (including phenoxy) is 2. The molecule has 2 aromatic heterocycles. The van der Waals surface area contributed by atoms with Crippen LogP contribution in [0.15, 0.2) is 6.33 Å². The van der Waals surface area contributed by atoms with Crippen LogP contribution in [0.4, 0.5) is 5.82 Å². The summed E-state index contributed by atoms with van der Waals surface area (Å²) in [4.78, 5) is 30.7. The number of hydrogen-bond donors (Lipinski definition) is 5. The number of aromatic nitrogens is 4. The molecule has 1 aliphatic carbocycles. The Balaban J connectivity index is 1.57. The highest BCUT2D eigenvalue weighted by Crippen LogP contribution is 2.37. The molecule has 4 atom stereocenters. The predicted molar refractivity (Wildman–Crippen MR) is 110 cm³/mol. The van der Waals surface area contributed by atoms with Crippen molar-refractivity contribution < 1.29 is 34.0 Å². The molecular weight excluding hydrogens is 453 g/mol. The summed E-state index contributed by atoms with van der Waals surface area (Å²) in [7, 11) is -4.36. The minimum absolute atomic E-state index is 0.00657. The number of aliphatic hydroxyl groups excluding tert-OH is 2.